The van der Waals surface area contributed by atoms with Gasteiger partial charge in [0.2, 0.25) is 5.91 Å². The Hall–Kier alpha value is -2.36. The summed E-state index contributed by atoms with van der Waals surface area (Å²) in [6.07, 6.45) is -2.39. The van der Waals surface area contributed by atoms with E-state index in [1.54, 1.807) is 0 Å². The summed E-state index contributed by atoms with van der Waals surface area (Å²) in [5, 5.41) is 17.1. The summed E-state index contributed by atoms with van der Waals surface area (Å²) in [6.45, 7) is -0.492. The summed E-state index contributed by atoms with van der Waals surface area (Å²) < 4.78 is 37.8. The molecule has 7 nitrogen and oxygen atoms in total. The lowest BCUT2D eigenvalue weighted by molar-refractivity contribution is -0.384. The normalized spacial score (nSPS) is 21.0. The molecule has 1 aromatic carbocycles. The number of benzene rings is 1. The number of nitrogens with zero attached hydrogens (tertiary/aromatic N) is 2. The molecule has 2 N–H and O–H groups in total. The summed E-state index contributed by atoms with van der Waals surface area (Å²) in [6, 6.07) is 2.60. The number of piperidine rings is 1. The van der Waals surface area contributed by atoms with Crippen molar-refractivity contribution in [2.24, 2.45) is 0 Å². The fraction of sp³-hybridized carbons (Fsp3) is 0.562. The molecule has 3 rings (SSSR count). The molecule has 0 aromatic heterocycles. The van der Waals surface area contributed by atoms with E-state index in [2.05, 4.69) is 10.6 Å². The van der Waals surface area contributed by atoms with Crippen LogP contribution in [0.1, 0.15) is 24.8 Å². The van der Waals surface area contributed by atoms with Gasteiger partial charge in [-0.2, -0.15) is 13.2 Å². The van der Waals surface area contributed by atoms with Crippen molar-refractivity contribution in [2.45, 2.75) is 37.9 Å². The minimum Gasteiger partial charge on any atom is -0.375 e. The van der Waals surface area contributed by atoms with Gasteiger partial charge >= 0.3 is 6.18 Å². The standard InChI is InChI=1S/C16H19F3N4O3/c17-16(18,19)9-22-5-1-2-11(8-22)20-13-7-12-10(3-4-15(24)21-12)6-14(13)23(25)26/h6-7,11,20H,1-5,8-9H2,(H,21,24). The van der Waals surface area contributed by atoms with Crippen LogP contribution in [-0.2, 0) is 11.2 Å². The molecule has 1 unspecified atom stereocenters. The zero-order chi connectivity index (χ0) is 18.9. The van der Waals surface area contributed by atoms with Gasteiger partial charge in [-0.1, -0.05) is 0 Å². The van der Waals surface area contributed by atoms with Gasteiger partial charge in [-0.3, -0.25) is 19.8 Å². The third kappa shape index (κ3) is 4.43. The predicted octanol–water partition coefficient (Wildman–Crippen LogP) is 2.92. The second-order valence-electron chi connectivity index (χ2n) is 6.67. The Labute approximate surface area is 147 Å². The van der Waals surface area contributed by atoms with E-state index < -0.39 is 17.6 Å². The van der Waals surface area contributed by atoms with Crippen LogP contribution in [0.5, 0.6) is 0 Å². The molecule has 1 aromatic rings. The number of nitro groups is 1. The number of carbonyl (C=O) groups excluding carboxylic acids is 1. The van der Waals surface area contributed by atoms with Gasteiger partial charge in [-0.25, -0.2) is 0 Å². The largest absolute Gasteiger partial charge is 0.401 e. The molecule has 1 fully saturated rings. The van der Waals surface area contributed by atoms with Crippen LogP contribution in [0.4, 0.5) is 30.2 Å². The average molecular weight is 372 g/mol. The Bertz CT molecular complexity index is 723. The number of aryl methyl sites for hydroxylation is 1. The molecule has 2 heterocycles. The lowest BCUT2D eigenvalue weighted by Crippen LogP contribution is -2.45. The third-order valence-electron chi connectivity index (χ3n) is 4.58. The van der Waals surface area contributed by atoms with Crippen LogP contribution in [0.25, 0.3) is 0 Å². The van der Waals surface area contributed by atoms with Crippen molar-refractivity contribution in [3.63, 3.8) is 0 Å². The molecule has 10 heteroatoms. The highest BCUT2D eigenvalue weighted by Gasteiger charge is 2.33. The number of alkyl halides is 3. The van der Waals surface area contributed by atoms with Crippen molar-refractivity contribution in [3.8, 4) is 0 Å². The fourth-order valence-electron chi connectivity index (χ4n) is 3.47. The first-order valence-corrected chi connectivity index (χ1v) is 8.38. The van der Waals surface area contributed by atoms with Gasteiger partial charge in [0.05, 0.1) is 11.5 Å². The van der Waals surface area contributed by atoms with E-state index in [0.29, 0.717) is 37.1 Å². The maximum Gasteiger partial charge on any atom is 0.401 e. The van der Waals surface area contributed by atoms with Crippen LogP contribution < -0.4 is 10.6 Å². The lowest BCUT2D eigenvalue weighted by Gasteiger charge is -2.34. The molecule has 0 spiro atoms. The van der Waals surface area contributed by atoms with Crippen molar-refractivity contribution in [3.05, 3.63) is 27.8 Å². The summed E-state index contributed by atoms with van der Waals surface area (Å²) in [7, 11) is 0. The molecule has 26 heavy (non-hydrogen) atoms. The first kappa shape index (κ1) is 18.4. The number of fused-ring (bicyclic) bond motifs is 1. The van der Waals surface area contributed by atoms with Crippen molar-refractivity contribution in [2.75, 3.05) is 30.3 Å². The van der Waals surface area contributed by atoms with Crippen LogP contribution in [0.2, 0.25) is 0 Å². The number of hydrogen-bond donors (Lipinski definition) is 2. The van der Waals surface area contributed by atoms with E-state index in [4.69, 9.17) is 0 Å². The molecule has 1 amide bonds. The minimum atomic E-state index is -4.27. The molecular formula is C16H19F3N4O3. The Morgan fingerprint density at radius 3 is 2.81 bits per heavy atom. The maximum atomic E-state index is 12.6. The number of anilines is 2. The number of carbonyl (C=O) groups is 1. The molecule has 0 saturated carbocycles. The van der Waals surface area contributed by atoms with Gasteiger partial charge in [0.25, 0.3) is 5.69 Å². The number of nitro benzene ring substituents is 1. The van der Waals surface area contributed by atoms with Crippen LogP contribution in [0.15, 0.2) is 12.1 Å². The minimum absolute atomic E-state index is 0.132. The van der Waals surface area contributed by atoms with E-state index in [1.165, 1.54) is 17.0 Å². The molecule has 1 atom stereocenters. The van der Waals surface area contributed by atoms with Crippen molar-refractivity contribution >= 4 is 23.0 Å². The van der Waals surface area contributed by atoms with Crippen molar-refractivity contribution in [1.82, 2.24) is 4.90 Å². The highest BCUT2D eigenvalue weighted by Crippen LogP contribution is 2.35. The number of rotatable bonds is 4. The van der Waals surface area contributed by atoms with E-state index in [0.717, 1.165) is 0 Å². The van der Waals surface area contributed by atoms with E-state index in [9.17, 15) is 28.1 Å². The van der Waals surface area contributed by atoms with E-state index >= 15 is 0 Å². The molecule has 2 aliphatic heterocycles. The van der Waals surface area contributed by atoms with Crippen molar-refractivity contribution in [1.29, 1.82) is 0 Å². The summed E-state index contributed by atoms with van der Waals surface area (Å²) in [5.41, 5.74) is 1.28. The van der Waals surface area contributed by atoms with Crippen LogP contribution in [0, 0.1) is 10.1 Å². The maximum absolute atomic E-state index is 12.6. The zero-order valence-corrected chi connectivity index (χ0v) is 13.9. The van der Waals surface area contributed by atoms with Gasteiger partial charge in [-0.05, 0) is 37.4 Å². The van der Waals surface area contributed by atoms with Crippen LogP contribution >= 0.6 is 0 Å². The molecule has 142 valence electrons. The molecular weight excluding hydrogens is 353 g/mol. The van der Waals surface area contributed by atoms with Gasteiger partial charge in [0.15, 0.2) is 0 Å². The van der Waals surface area contributed by atoms with Crippen LogP contribution in [-0.4, -0.2) is 47.6 Å². The Balaban J connectivity index is 1.79. The van der Waals surface area contributed by atoms with Gasteiger partial charge in [0, 0.05) is 30.8 Å². The van der Waals surface area contributed by atoms with Gasteiger partial charge in [0.1, 0.15) is 5.69 Å². The number of halogens is 3. The molecule has 1 saturated heterocycles. The second-order valence-corrected chi connectivity index (χ2v) is 6.67. The summed E-state index contributed by atoms with van der Waals surface area (Å²) in [5.74, 6) is -0.161. The quantitative estimate of drug-likeness (QED) is 0.627. The second kappa shape index (κ2) is 7.10. The number of nitrogens with one attached hydrogen (secondary N) is 2. The Kier molecular flexibility index (Phi) is 5.03. The van der Waals surface area contributed by atoms with E-state index in [1.807, 2.05) is 0 Å². The SMILES string of the molecule is O=C1CCc2cc([N+](=O)[O-])c(NC3CCCN(CC(F)(F)F)C3)cc2N1. The average Bonchev–Trinajstić information content (AvgIpc) is 2.52. The Morgan fingerprint density at radius 1 is 1.35 bits per heavy atom. The number of hydrogen-bond acceptors (Lipinski definition) is 5. The van der Waals surface area contributed by atoms with Crippen molar-refractivity contribution < 1.29 is 22.9 Å². The monoisotopic (exact) mass is 372 g/mol. The molecule has 2 aliphatic rings. The first-order valence-electron chi connectivity index (χ1n) is 8.38. The number of likely N-dealkylation sites (tertiary alicyclic amines) is 1. The summed E-state index contributed by atoms with van der Waals surface area (Å²) in [4.78, 5) is 23.7. The third-order valence-corrected chi connectivity index (χ3v) is 4.58. The highest BCUT2D eigenvalue weighted by atomic mass is 19.4. The van der Waals surface area contributed by atoms with E-state index in [-0.39, 0.29) is 36.3 Å². The Morgan fingerprint density at radius 2 is 2.12 bits per heavy atom. The smallest absolute Gasteiger partial charge is 0.375 e. The summed E-state index contributed by atoms with van der Waals surface area (Å²) >= 11 is 0. The fourth-order valence-corrected chi connectivity index (χ4v) is 3.47. The lowest BCUT2D eigenvalue weighted by atomic mass is 10.00. The van der Waals surface area contributed by atoms with Gasteiger partial charge < -0.3 is 10.6 Å². The topological polar surface area (TPSA) is 87.5 Å². The molecule has 0 radical (unpaired) electrons. The molecule has 0 bridgehead atoms. The predicted molar refractivity (Wildman–Crippen MR) is 89.2 cm³/mol. The first-order chi connectivity index (χ1) is 12.2. The van der Waals surface area contributed by atoms with Gasteiger partial charge in [-0.15, -0.1) is 0 Å². The zero-order valence-electron chi connectivity index (χ0n) is 13.9. The number of amides is 1. The van der Waals surface area contributed by atoms with Crippen LogP contribution in [0.3, 0.4) is 0 Å². The molecule has 0 aliphatic carbocycles. The highest BCUT2D eigenvalue weighted by molar-refractivity contribution is 5.95.